The van der Waals surface area contributed by atoms with E-state index in [0.29, 0.717) is 12.3 Å². The van der Waals surface area contributed by atoms with Crippen LogP contribution in [-0.2, 0) is 17.8 Å². The Balaban J connectivity index is 1.45. The lowest BCUT2D eigenvalue weighted by Crippen LogP contribution is -2.34. The number of benzene rings is 2. The Bertz CT molecular complexity index is 727. The maximum absolute atomic E-state index is 12.6. The number of hydrogen-bond donors (Lipinski definition) is 0. The summed E-state index contributed by atoms with van der Waals surface area (Å²) in [6, 6.07) is 18.9. The van der Waals surface area contributed by atoms with Crippen molar-refractivity contribution >= 4 is 11.6 Å². The van der Waals surface area contributed by atoms with Crippen LogP contribution in [-0.4, -0.2) is 56.5 Å². The number of rotatable bonds is 7. The fourth-order valence-electron chi connectivity index (χ4n) is 3.76. The maximum atomic E-state index is 12.6. The number of carbonyl (C=O) groups excluding carboxylic acids is 1. The average molecular weight is 366 g/mol. The number of hydrogen-bond acceptors (Lipinski definition) is 3. The smallest absolute Gasteiger partial charge is 0.226 e. The van der Waals surface area contributed by atoms with Gasteiger partial charge in [0.25, 0.3) is 0 Å². The van der Waals surface area contributed by atoms with Gasteiger partial charge in [-0.3, -0.25) is 9.69 Å². The molecule has 1 aliphatic rings. The monoisotopic (exact) mass is 365 g/mol. The molecule has 0 N–H and O–H groups in total. The molecule has 2 aromatic rings. The zero-order valence-electron chi connectivity index (χ0n) is 16.8. The average Bonchev–Trinajstić information content (AvgIpc) is 3.09. The van der Waals surface area contributed by atoms with Gasteiger partial charge < -0.3 is 9.80 Å². The normalized spacial score (nSPS) is 17.1. The van der Waals surface area contributed by atoms with Crippen LogP contribution in [0.5, 0.6) is 0 Å². The molecule has 4 heteroatoms. The van der Waals surface area contributed by atoms with E-state index in [9.17, 15) is 4.79 Å². The van der Waals surface area contributed by atoms with Crippen molar-refractivity contribution in [1.82, 2.24) is 9.80 Å². The molecule has 0 bridgehead atoms. The first kappa shape index (κ1) is 19.4. The summed E-state index contributed by atoms with van der Waals surface area (Å²) in [5.41, 5.74) is 3.60. The molecule has 1 atom stereocenters. The lowest BCUT2D eigenvalue weighted by Gasteiger charge is -2.22. The van der Waals surface area contributed by atoms with Crippen LogP contribution in [0.2, 0.25) is 0 Å². The Morgan fingerprint density at radius 3 is 2.37 bits per heavy atom. The van der Waals surface area contributed by atoms with E-state index >= 15 is 0 Å². The number of likely N-dealkylation sites (N-methyl/N-ethyl adjacent to an activating group) is 1. The highest BCUT2D eigenvalue weighted by molar-refractivity contribution is 5.78. The van der Waals surface area contributed by atoms with Crippen molar-refractivity contribution in [1.29, 1.82) is 0 Å². The molecule has 0 aliphatic carbocycles. The van der Waals surface area contributed by atoms with Gasteiger partial charge >= 0.3 is 0 Å². The SMILES string of the molecule is CN(CC1CCN(Cc2ccccc2)C1)C(=O)Cc1ccc(N(C)C)cc1. The summed E-state index contributed by atoms with van der Waals surface area (Å²) in [6.45, 7) is 4.05. The highest BCUT2D eigenvalue weighted by Gasteiger charge is 2.24. The van der Waals surface area contributed by atoms with Crippen LogP contribution in [0, 0.1) is 5.92 Å². The van der Waals surface area contributed by atoms with Crippen molar-refractivity contribution in [3.8, 4) is 0 Å². The Labute approximate surface area is 163 Å². The standard InChI is InChI=1S/C23H31N3O/c1-24(2)22-11-9-19(10-12-22)15-23(27)25(3)16-21-13-14-26(18-21)17-20-7-5-4-6-8-20/h4-12,21H,13-18H2,1-3H3. The summed E-state index contributed by atoms with van der Waals surface area (Å²) >= 11 is 0. The molecule has 4 nitrogen and oxygen atoms in total. The van der Waals surface area contributed by atoms with E-state index < -0.39 is 0 Å². The zero-order chi connectivity index (χ0) is 19.2. The number of carbonyl (C=O) groups is 1. The summed E-state index contributed by atoms with van der Waals surface area (Å²) in [7, 11) is 5.99. The zero-order valence-corrected chi connectivity index (χ0v) is 16.8. The molecule has 27 heavy (non-hydrogen) atoms. The van der Waals surface area contributed by atoms with E-state index in [1.165, 1.54) is 12.0 Å². The molecule has 1 aliphatic heterocycles. The van der Waals surface area contributed by atoms with Crippen LogP contribution in [0.15, 0.2) is 54.6 Å². The summed E-state index contributed by atoms with van der Waals surface area (Å²) in [5.74, 6) is 0.771. The van der Waals surface area contributed by atoms with Gasteiger partial charge in [0.1, 0.15) is 0 Å². The number of nitrogens with zero attached hydrogens (tertiary/aromatic N) is 3. The quantitative estimate of drug-likeness (QED) is 0.753. The van der Waals surface area contributed by atoms with Gasteiger partial charge in [-0.2, -0.15) is 0 Å². The second-order valence-corrected chi connectivity index (χ2v) is 7.89. The fraction of sp³-hybridized carbons (Fsp3) is 0.435. The van der Waals surface area contributed by atoms with Crippen LogP contribution >= 0.6 is 0 Å². The van der Waals surface area contributed by atoms with Gasteiger partial charge in [0.05, 0.1) is 6.42 Å². The molecule has 0 aromatic heterocycles. The van der Waals surface area contributed by atoms with Crippen molar-refractivity contribution in [3.63, 3.8) is 0 Å². The lowest BCUT2D eigenvalue weighted by atomic mass is 10.1. The first-order valence-corrected chi connectivity index (χ1v) is 9.78. The first-order chi connectivity index (χ1) is 13.0. The molecule has 2 aromatic carbocycles. The van der Waals surface area contributed by atoms with Crippen LogP contribution in [0.4, 0.5) is 5.69 Å². The second-order valence-electron chi connectivity index (χ2n) is 7.89. The topological polar surface area (TPSA) is 26.8 Å². The van der Waals surface area contributed by atoms with E-state index in [1.54, 1.807) is 0 Å². The molecule has 0 radical (unpaired) electrons. The van der Waals surface area contributed by atoms with E-state index in [4.69, 9.17) is 0 Å². The van der Waals surface area contributed by atoms with Crippen LogP contribution < -0.4 is 4.90 Å². The van der Waals surface area contributed by atoms with Gasteiger partial charge in [0.15, 0.2) is 0 Å². The maximum Gasteiger partial charge on any atom is 0.226 e. The highest BCUT2D eigenvalue weighted by atomic mass is 16.2. The molecule has 1 fully saturated rings. The summed E-state index contributed by atoms with van der Waals surface area (Å²) in [5, 5.41) is 0. The lowest BCUT2D eigenvalue weighted by molar-refractivity contribution is -0.129. The number of amides is 1. The minimum absolute atomic E-state index is 0.203. The predicted molar refractivity (Wildman–Crippen MR) is 112 cm³/mol. The third-order valence-electron chi connectivity index (χ3n) is 5.38. The van der Waals surface area contributed by atoms with Crippen LogP contribution in [0.3, 0.4) is 0 Å². The van der Waals surface area contributed by atoms with E-state index in [0.717, 1.165) is 37.4 Å². The Kier molecular flexibility index (Phi) is 6.51. The molecule has 1 amide bonds. The second kappa shape index (κ2) is 9.05. The van der Waals surface area contributed by atoms with Gasteiger partial charge in [-0.05, 0) is 42.1 Å². The van der Waals surface area contributed by atoms with Crippen LogP contribution in [0.1, 0.15) is 17.5 Å². The molecule has 1 saturated heterocycles. The van der Waals surface area contributed by atoms with Crippen molar-refractivity contribution in [2.24, 2.45) is 5.92 Å². The molecule has 1 unspecified atom stereocenters. The number of likely N-dealkylation sites (tertiary alicyclic amines) is 1. The minimum atomic E-state index is 0.203. The third-order valence-corrected chi connectivity index (χ3v) is 5.38. The molecule has 0 spiro atoms. The van der Waals surface area contributed by atoms with Gasteiger partial charge in [-0.25, -0.2) is 0 Å². The minimum Gasteiger partial charge on any atom is -0.378 e. The van der Waals surface area contributed by atoms with Crippen molar-refractivity contribution in [2.45, 2.75) is 19.4 Å². The van der Waals surface area contributed by atoms with E-state index in [2.05, 4.69) is 64.4 Å². The molecule has 144 valence electrons. The summed E-state index contributed by atoms with van der Waals surface area (Å²) in [6.07, 6.45) is 1.65. The molecule has 1 heterocycles. The number of anilines is 1. The van der Waals surface area contributed by atoms with Gasteiger partial charge in [-0.15, -0.1) is 0 Å². The molecule has 3 rings (SSSR count). The van der Waals surface area contributed by atoms with Crippen molar-refractivity contribution in [2.75, 3.05) is 45.7 Å². The fourth-order valence-corrected chi connectivity index (χ4v) is 3.76. The summed E-state index contributed by atoms with van der Waals surface area (Å²) in [4.78, 5) is 19.1. The third kappa shape index (κ3) is 5.57. The molecule has 0 saturated carbocycles. The van der Waals surface area contributed by atoms with Crippen molar-refractivity contribution < 1.29 is 4.79 Å². The molecular weight excluding hydrogens is 334 g/mol. The largest absolute Gasteiger partial charge is 0.378 e. The Hall–Kier alpha value is -2.33. The van der Waals surface area contributed by atoms with E-state index in [-0.39, 0.29) is 5.91 Å². The summed E-state index contributed by atoms with van der Waals surface area (Å²) < 4.78 is 0. The highest BCUT2D eigenvalue weighted by Crippen LogP contribution is 2.20. The Morgan fingerprint density at radius 1 is 1.00 bits per heavy atom. The van der Waals surface area contributed by atoms with Gasteiger partial charge in [0.2, 0.25) is 5.91 Å². The van der Waals surface area contributed by atoms with Gasteiger partial charge in [-0.1, -0.05) is 42.5 Å². The Morgan fingerprint density at radius 2 is 1.70 bits per heavy atom. The van der Waals surface area contributed by atoms with E-state index in [1.807, 2.05) is 26.0 Å². The van der Waals surface area contributed by atoms with Crippen LogP contribution in [0.25, 0.3) is 0 Å². The molecular formula is C23H31N3O. The van der Waals surface area contributed by atoms with Gasteiger partial charge in [0, 0.05) is 46.5 Å². The van der Waals surface area contributed by atoms with Crippen molar-refractivity contribution in [3.05, 3.63) is 65.7 Å². The predicted octanol–water partition coefficient (Wildman–Crippen LogP) is 3.28. The first-order valence-electron chi connectivity index (χ1n) is 9.78.